The number of hydrogen-bond donors (Lipinski definition) is 1. The number of nitrogens with zero attached hydrogens (tertiary/aromatic N) is 3. The minimum absolute atomic E-state index is 0.0811. The van der Waals surface area contributed by atoms with E-state index in [1.807, 2.05) is 0 Å². The molecule has 0 atom stereocenters. The molecule has 0 unspecified atom stereocenters. The summed E-state index contributed by atoms with van der Waals surface area (Å²) < 4.78 is 39.2. The number of rotatable bonds is 6. The summed E-state index contributed by atoms with van der Waals surface area (Å²) in [5.41, 5.74) is -0.848. The highest BCUT2D eigenvalue weighted by Gasteiger charge is 2.37. The van der Waals surface area contributed by atoms with Crippen molar-refractivity contribution in [2.75, 3.05) is 6.54 Å². The van der Waals surface area contributed by atoms with Crippen molar-refractivity contribution in [1.82, 2.24) is 19.7 Å². The van der Waals surface area contributed by atoms with Gasteiger partial charge in [0.1, 0.15) is 0 Å². The molecule has 2 rings (SSSR count). The topological polar surface area (TPSA) is 68.9 Å². The number of carbonyl (C=O) groups excluding carboxylic acids is 1. The lowest BCUT2D eigenvalue weighted by molar-refractivity contribution is -0.147. The average Bonchev–Trinajstić information content (AvgIpc) is 2.82. The quantitative estimate of drug-likeness (QED) is 0.856. The van der Waals surface area contributed by atoms with Crippen molar-refractivity contribution in [2.24, 2.45) is 13.0 Å². The molecule has 1 fully saturated rings. The Morgan fingerprint density at radius 1 is 1.29 bits per heavy atom. The smallest absolute Gasteiger partial charge is 0.354 e. The van der Waals surface area contributed by atoms with Crippen molar-refractivity contribution in [3.8, 4) is 0 Å². The van der Waals surface area contributed by atoms with E-state index in [4.69, 9.17) is 0 Å². The second kappa shape index (κ2) is 7.85. The van der Waals surface area contributed by atoms with Gasteiger partial charge in [-0.1, -0.05) is 32.1 Å². The fourth-order valence-corrected chi connectivity index (χ4v) is 3.08. The largest absolute Gasteiger partial charge is 0.451 e. The van der Waals surface area contributed by atoms with Crippen LogP contribution in [0, 0.1) is 5.92 Å². The van der Waals surface area contributed by atoms with Crippen LogP contribution in [-0.4, -0.2) is 26.8 Å². The lowest BCUT2D eigenvalue weighted by Crippen LogP contribution is -2.32. The summed E-state index contributed by atoms with van der Waals surface area (Å²) in [6, 6.07) is 0. The summed E-state index contributed by atoms with van der Waals surface area (Å²) in [5.74, 6) is -0.783. The molecule has 24 heavy (non-hydrogen) atoms. The first kappa shape index (κ1) is 18.5. The summed E-state index contributed by atoms with van der Waals surface area (Å²) in [4.78, 5) is 23.5. The van der Waals surface area contributed by atoms with Gasteiger partial charge in [0.05, 0.1) is 6.54 Å². The highest BCUT2D eigenvalue weighted by Crippen LogP contribution is 2.27. The van der Waals surface area contributed by atoms with Crippen LogP contribution in [-0.2, 0) is 24.6 Å². The Morgan fingerprint density at radius 3 is 2.54 bits per heavy atom. The molecule has 0 bridgehead atoms. The zero-order valence-corrected chi connectivity index (χ0v) is 13.7. The number of nitrogens with one attached hydrogen (secondary N) is 1. The molecule has 9 heteroatoms. The third-order valence-corrected chi connectivity index (χ3v) is 4.44. The second-order valence-corrected chi connectivity index (χ2v) is 6.28. The number of amides is 1. The van der Waals surface area contributed by atoms with E-state index in [1.54, 1.807) is 0 Å². The van der Waals surface area contributed by atoms with E-state index in [9.17, 15) is 22.8 Å². The molecule has 1 amide bonds. The van der Waals surface area contributed by atoms with Crippen molar-refractivity contribution in [3.63, 3.8) is 0 Å². The molecule has 1 aliphatic carbocycles. The van der Waals surface area contributed by atoms with Crippen molar-refractivity contribution in [1.29, 1.82) is 0 Å². The maximum atomic E-state index is 12.7. The zero-order chi connectivity index (χ0) is 17.7. The van der Waals surface area contributed by atoms with Gasteiger partial charge in [-0.25, -0.2) is 9.48 Å². The molecule has 1 aromatic rings. The standard InChI is InChI=1S/C15H23F3N4O2/c1-21-13(15(16,17)18)20-22(14(21)24)10-9-19-12(23)8-7-11-5-3-2-4-6-11/h11H,2-10H2,1H3,(H,19,23). The van der Waals surface area contributed by atoms with E-state index < -0.39 is 17.7 Å². The highest BCUT2D eigenvalue weighted by molar-refractivity contribution is 5.75. The van der Waals surface area contributed by atoms with Crippen LogP contribution in [0.2, 0.25) is 0 Å². The van der Waals surface area contributed by atoms with Crippen molar-refractivity contribution >= 4 is 5.91 Å². The molecule has 1 saturated carbocycles. The van der Waals surface area contributed by atoms with Crippen LogP contribution in [0.5, 0.6) is 0 Å². The number of alkyl halides is 3. The lowest BCUT2D eigenvalue weighted by atomic mass is 9.86. The molecule has 136 valence electrons. The van der Waals surface area contributed by atoms with Crippen LogP contribution >= 0.6 is 0 Å². The minimum atomic E-state index is -4.68. The molecule has 1 aliphatic rings. The molecule has 1 aromatic heterocycles. The van der Waals surface area contributed by atoms with E-state index in [0.717, 1.165) is 31.0 Å². The molecular formula is C15H23F3N4O2. The Kier molecular flexibility index (Phi) is 6.06. The monoisotopic (exact) mass is 348 g/mol. The average molecular weight is 348 g/mol. The summed E-state index contributed by atoms with van der Waals surface area (Å²) in [6.07, 6.45) is 2.60. The van der Waals surface area contributed by atoms with Gasteiger partial charge in [0, 0.05) is 20.0 Å². The Bertz CT molecular complexity index is 615. The molecule has 0 spiro atoms. The van der Waals surface area contributed by atoms with Crippen molar-refractivity contribution < 1.29 is 18.0 Å². The van der Waals surface area contributed by atoms with Crippen LogP contribution in [0.1, 0.15) is 50.8 Å². The van der Waals surface area contributed by atoms with E-state index >= 15 is 0 Å². The number of carbonyl (C=O) groups is 1. The van der Waals surface area contributed by atoms with Gasteiger partial charge in [0.25, 0.3) is 0 Å². The van der Waals surface area contributed by atoms with Gasteiger partial charge < -0.3 is 5.32 Å². The van der Waals surface area contributed by atoms with Crippen LogP contribution < -0.4 is 11.0 Å². The summed E-state index contributed by atoms with van der Waals surface area (Å²) in [6.45, 7) is -0.00433. The Labute approximate surface area is 138 Å². The van der Waals surface area contributed by atoms with Crippen molar-refractivity contribution in [3.05, 3.63) is 16.3 Å². The third-order valence-electron chi connectivity index (χ3n) is 4.44. The fourth-order valence-electron chi connectivity index (χ4n) is 3.08. The normalized spacial score (nSPS) is 16.3. The van der Waals surface area contributed by atoms with Gasteiger partial charge in [0.15, 0.2) is 0 Å². The SMILES string of the molecule is Cn1c(C(F)(F)F)nn(CCNC(=O)CCC2CCCCC2)c1=O. The van der Waals surface area contributed by atoms with Gasteiger partial charge >= 0.3 is 11.9 Å². The number of aromatic nitrogens is 3. The van der Waals surface area contributed by atoms with E-state index in [2.05, 4.69) is 10.4 Å². The van der Waals surface area contributed by atoms with Crippen LogP contribution in [0.4, 0.5) is 13.2 Å². The molecule has 1 heterocycles. The molecule has 1 N–H and O–H groups in total. The second-order valence-electron chi connectivity index (χ2n) is 6.28. The maximum absolute atomic E-state index is 12.7. The predicted octanol–water partition coefficient (Wildman–Crippen LogP) is 2.08. The van der Waals surface area contributed by atoms with Crippen LogP contribution in [0.15, 0.2) is 4.79 Å². The van der Waals surface area contributed by atoms with Gasteiger partial charge in [-0.2, -0.15) is 13.2 Å². The van der Waals surface area contributed by atoms with Gasteiger partial charge in [-0.3, -0.25) is 9.36 Å². The minimum Gasteiger partial charge on any atom is -0.354 e. The third kappa shape index (κ3) is 4.85. The van der Waals surface area contributed by atoms with Crippen molar-refractivity contribution in [2.45, 2.75) is 57.7 Å². The van der Waals surface area contributed by atoms with E-state index in [-0.39, 0.29) is 19.0 Å². The Balaban J connectivity index is 1.77. The van der Waals surface area contributed by atoms with Crippen LogP contribution in [0.3, 0.4) is 0 Å². The Hall–Kier alpha value is -1.80. The number of halogens is 3. The zero-order valence-electron chi connectivity index (χ0n) is 13.7. The fraction of sp³-hybridized carbons (Fsp3) is 0.800. The molecule has 0 aliphatic heterocycles. The summed E-state index contributed by atoms with van der Waals surface area (Å²) in [7, 11) is 1.03. The predicted molar refractivity (Wildman–Crippen MR) is 81.3 cm³/mol. The molecule has 0 aromatic carbocycles. The first-order valence-electron chi connectivity index (χ1n) is 8.26. The number of hydrogen-bond acceptors (Lipinski definition) is 3. The highest BCUT2D eigenvalue weighted by atomic mass is 19.4. The van der Waals surface area contributed by atoms with Gasteiger partial charge in [-0.15, -0.1) is 5.10 Å². The van der Waals surface area contributed by atoms with Gasteiger partial charge in [-0.05, 0) is 12.3 Å². The van der Waals surface area contributed by atoms with E-state index in [1.165, 1.54) is 19.3 Å². The van der Waals surface area contributed by atoms with Crippen LogP contribution in [0.25, 0.3) is 0 Å². The Morgan fingerprint density at radius 2 is 1.96 bits per heavy atom. The first-order chi connectivity index (χ1) is 11.3. The van der Waals surface area contributed by atoms with E-state index in [0.29, 0.717) is 16.9 Å². The lowest BCUT2D eigenvalue weighted by Gasteiger charge is -2.20. The maximum Gasteiger partial charge on any atom is 0.451 e. The molecule has 0 radical (unpaired) electrons. The van der Waals surface area contributed by atoms with Gasteiger partial charge in [0.2, 0.25) is 11.7 Å². The molecule has 6 nitrogen and oxygen atoms in total. The molecule has 0 saturated heterocycles. The summed E-state index contributed by atoms with van der Waals surface area (Å²) in [5, 5.41) is 5.92. The summed E-state index contributed by atoms with van der Waals surface area (Å²) >= 11 is 0. The first-order valence-corrected chi connectivity index (χ1v) is 8.26. The molecular weight excluding hydrogens is 325 g/mol.